The average Bonchev–Trinajstić information content (AvgIpc) is 2.69. The smallest absolute Gasteiger partial charge is 0.0207 e. The summed E-state index contributed by atoms with van der Waals surface area (Å²) in [5, 5.41) is 3.82. The van der Waals surface area contributed by atoms with Gasteiger partial charge in [0.1, 0.15) is 0 Å². The molecule has 0 amide bonds. The molecule has 2 fully saturated rings. The predicted molar refractivity (Wildman–Crippen MR) is 66.0 cm³/mol. The van der Waals surface area contributed by atoms with Gasteiger partial charge in [0.05, 0.1) is 0 Å². The van der Waals surface area contributed by atoms with Gasteiger partial charge >= 0.3 is 0 Å². The summed E-state index contributed by atoms with van der Waals surface area (Å²) in [6, 6.07) is 0. The summed E-state index contributed by atoms with van der Waals surface area (Å²) in [6.07, 6.45) is 11.7. The molecule has 2 aliphatic rings. The Morgan fingerprint density at radius 1 is 1.13 bits per heavy atom. The highest BCUT2D eigenvalue weighted by atomic mass is 15.0. The lowest BCUT2D eigenvalue weighted by Crippen LogP contribution is -2.46. The summed E-state index contributed by atoms with van der Waals surface area (Å²) < 4.78 is 0. The minimum Gasteiger partial charge on any atom is -0.311 e. The van der Waals surface area contributed by atoms with Crippen molar-refractivity contribution < 1.29 is 0 Å². The minimum absolute atomic E-state index is 0.502. The molecule has 1 aliphatic carbocycles. The standard InChI is InChI=1S/C14H27N/c1-12(2)14(9-6-10-15-14)11-13-7-4-3-5-8-13/h12-13,15H,3-11H2,1-2H3. The summed E-state index contributed by atoms with van der Waals surface area (Å²) in [7, 11) is 0. The minimum atomic E-state index is 0.502. The summed E-state index contributed by atoms with van der Waals surface area (Å²) in [4.78, 5) is 0. The number of hydrogen-bond donors (Lipinski definition) is 1. The Bertz CT molecular complexity index is 186. The van der Waals surface area contributed by atoms with Gasteiger partial charge in [0.15, 0.2) is 0 Å². The lowest BCUT2D eigenvalue weighted by atomic mass is 9.74. The van der Waals surface area contributed by atoms with E-state index in [0.717, 1.165) is 11.8 Å². The lowest BCUT2D eigenvalue weighted by molar-refractivity contribution is 0.185. The Kier molecular flexibility index (Phi) is 3.71. The highest BCUT2D eigenvalue weighted by molar-refractivity contribution is 4.97. The Labute approximate surface area is 95.0 Å². The third-order valence-electron chi connectivity index (χ3n) is 4.76. The summed E-state index contributed by atoms with van der Waals surface area (Å²) in [6.45, 7) is 6.06. The van der Waals surface area contributed by atoms with Crippen molar-refractivity contribution in [1.82, 2.24) is 5.32 Å². The zero-order chi connectivity index (χ0) is 10.7. The van der Waals surface area contributed by atoms with Gasteiger partial charge in [-0.1, -0.05) is 46.0 Å². The van der Waals surface area contributed by atoms with Crippen LogP contribution in [-0.4, -0.2) is 12.1 Å². The number of rotatable bonds is 3. The zero-order valence-electron chi connectivity index (χ0n) is 10.5. The van der Waals surface area contributed by atoms with Crippen molar-refractivity contribution in [3.63, 3.8) is 0 Å². The van der Waals surface area contributed by atoms with Crippen molar-refractivity contribution in [2.24, 2.45) is 11.8 Å². The van der Waals surface area contributed by atoms with Crippen LogP contribution in [0.2, 0.25) is 0 Å². The van der Waals surface area contributed by atoms with Gasteiger partial charge in [-0.15, -0.1) is 0 Å². The first-order valence-corrected chi connectivity index (χ1v) is 6.98. The molecule has 0 aromatic rings. The Hall–Kier alpha value is -0.0400. The third kappa shape index (κ3) is 2.55. The van der Waals surface area contributed by atoms with Crippen LogP contribution >= 0.6 is 0 Å². The van der Waals surface area contributed by atoms with E-state index in [1.807, 2.05) is 0 Å². The first kappa shape index (κ1) is 11.4. The molecule has 1 unspecified atom stereocenters. The molecule has 0 spiro atoms. The van der Waals surface area contributed by atoms with E-state index in [1.54, 1.807) is 0 Å². The Morgan fingerprint density at radius 3 is 2.40 bits per heavy atom. The van der Waals surface area contributed by atoms with Gasteiger partial charge in [0.25, 0.3) is 0 Å². The van der Waals surface area contributed by atoms with Crippen molar-refractivity contribution in [2.45, 2.75) is 70.8 Å². The molecule has 1 heteroatoms. The second kappa shape index (κ2) is 4.86. The van der Waals surface area contributed by atoms with E-state index in [-0.39, 0.29) is 0 Å². The largest absolute Gasteiger partial charge is 0.311 e. The van der Waals surface area contributed by atoms with Gasteiger partial charge in [-0.3, -0.25) is 0 Å². The molecule has 0 radical (unpaired) electrons. The maximum atomic E-state index is 3.82. The summed E-state index contributed by atoms with van der Waals surface area (Å²) >= 11 is 0. The van der Waals surface area contributed by atoms with Crippen LogP contribution in [0.15, 0.2) is 0 Å². The molecule has 1 saturated heterocycles. The molecule has 15 heavy (non-hydrogen) atoms. The van der Waals surface area contributed by atoms with Gasteiger partial charge in [-0.2, -0.15) is 0 Å². The second-order valence-corrected chi connectivity index (χ2v) is 6.05. The normalized spacial score (nSPS) is 33.8. The number of nitrogens with one attached hydrogen (secondary N) is 1. The topological polar surface area (TPSA) is 12.0 Å². The first-order valence-electron chi connectivity index (χ1n) is 6.98. The second-order valence-electron chi connectivity index (χ2n) is 6.05. The quantitative estimate of drug-likeness (QED) is 0.746. The fourth-order valence-electron chi connectivity index (χ4n) is 3.64. The Morgan fingerprint density at radius 2 is 1.87 bits per heavy atom. The van der Waals surface area contributed by atoms with Crippen molar-refractivity contribution >= 4 is 0 Å². The van der Waals surface area contributed by atoms with Gasteiger partial charge in [0.2, 0.25) is 0 Å². The molecular formula is C14H27N. The molecule has 1 aliphatic heterocycles. The molecule has 1 heterocycles. The van der Waals surface area contributed by atoms with E-state index in [2.05, 4.69) is 19.2 Å². The van der Waals surface area contributed by atoms with Gasteiger partial charge in [-0.25, -0.2) is 0 Å². The molecular weight excluding hydrogens is 182 g/mol. The van der Waals surface area contributed by atoms with Gasteiger partial charge in [-0.05, 0) is 37.6 Å². The van der Waals surface area contributed by atoms with E-state index >= 15 is 0 Å². The van der Waals surface area contributed by atoms with E-state index in [0.29, 0.717) is 5.54 Å². The van der Waals surface area contributed by atoms with Crippen LogP contribution in [-0.2, 0) is 0 Å². The zero-order valence-corrected chi connectivity index (χ0v) is 10.5. The van der Waals surface area contributed by atoms with Crippen molar-refractivity contribution in [3.05, 3.63) is 0 Å². The van der Waals surface area contributed by atoms with E-state index in [4.69, 9.17) is 0 Å². The fraction of sp³-hybridized carbons (Fsp3) is 1.00. The first-order chi connectivity index (χ1) is 7.23. The Balaban J connectivity index is 1.93. The molecule has 1 saturated carbocycles. The molecule has 1 atom stereocenters. The van der Waals surface area contributed by atoms with Crippen LogP contribution in [0.4, 0.5) is 0 Å². The maximum absolute atomic E-state index is 3.82. The molecule has 88 valence electrons. The highest BCUT2D eigenvalue weighted by Crippen LogP contribution is 2.38. The van der Waals surface area contributed by atoms with Crippen molar-refractivity contribution in [2.75, 3.05) is 6.54 Å². The van der Waals surface area contributed by atoms with E-state index in [9.17, 15) is 0 Å². The SMILES string of the molecule is CC(C)C1(CC2CCCCC2)CCCN1. The lowest BCUT2D eigenvalue weighted by Gasteiger charge is -2.38. The van der Waals surface area contributed by atoms with Crippen LogP contribution in [0.25, 0.3) is 0 Å². The van der Waals surface area contributed by atoms with E-state index in [1.165, 1.54) is 57.9 Å². The summed E-state index contributed by atoms with van der Waals surface area (Å²) in [5.74, 6) is 1.83. The molecule has 0 bridgehead atoms. The molecule has 0 aromatic heterocycles. The third-order valence-corrected chi connectivity index (χ3v) is 4.76. The molecule has 0 aromatic carbocycles. The molecule has 2 rings (SSSR count). The monoisotopic (exact) mass is 209 g/mol. The summed E-state index contributed by atoms with van der Waals surface area (Å²) in [5.41, 5.74) is 0.502. The van der Waals surface area contributed by atoms with Crippen molar-refractivity contribution in [3.8, 4) is 0 Å². The van der Waals surface area contributed by atoms with Crippen LogP contribution in [0, 0.1) is 11.8 Å². The van der Waals surface area contributed by atoms with Crippen molar-refractivity contribution in [1.29, 1.82) is 0 Å². The maximum Gasteiger partial charge on any atom is 0.0207 e. The van der Waals surface area contributed by atoms with Crippen LogP contribution in [0.5, 0.6) is 0 Å². The van der Waals surface area contributed by atoms with Crippen LogP contribution in [0.1, 0.15) is 65.2 Å². The molecule has 1 nitrogen and oxygen atoms in total. The highest BCUT2D eigenvalue weighted by Gasteiger charge is 2.38. The fourth-order valence-corrected chi connectivity index (χ4v) is 3.64. The molecule has 1 N–H and O–H groups in total. The van der Waals surface area contributed by atoms with Gasteiger partial charge in [0, 0.05) is 5.54 Å². The van der Waals surface area contributed by atoms with Gasteiger partial charge < -0.3 is 5.32 Å². The van der Waals surface area contributed by atoms with Crippen LogP contribution < -0.4 is 5.32 Å². The predicted octanol–water partition coefficient (Wildman–Crippen LogP) is 3.74. The average molecular weight is 209 g/mol. The number of hydrogen-bond acceptors (Lipinski definition) is 1. The van der Waals surface area contributed by atoms with E-state index < -0.39 is 0 Å². The van der Waals surface area contributed by atoms with Crippen LogP contribution in [0.3, 0.4) is 0 Å².